The third-order valence-electron chi connectivity index (χ3n) is 8.99. The van der Waals surface area contributed by atoms with Crippen molar-refractivity contribution in [1.29, 1.82) is 0 Å². The average Bonchev–Trinajstić information content (AvgIpc) is 3.00. The minimum absolute atomic E-state index is 0.0879. The topological polar surface area (TPSA) is 46.7 Å². The number of urea groups is 1. The van der Waals surface area contributed by atoms with Crippen molar-refractivity contribution in [2.45, 2.75) is 148 Å². The molecule has 5 heteroatoms. The molecule has 2 rings (SSSR count). The Hall–Kier alpha value is -1.75. The highest BCUT2D eigenvalue weighted by Gasteiger charge is 2.29. The number of nitrogens with zero attached hydrogens (tertiary/aromatic N) is 3. The molecule has 0 N–H and O–H groups in total. The van der Waals surface area contributed by atoms with Crippen LogP contribution in [0.25, 0.3) is 0 Å². The summed E-state index contributed by atoms with van der Waals surface area (Å²) in [5.74, 6) is 0. The molecule has 0 aromatic heterocycles. The van der Waals surface area contributed by atoms with Crippen molar-refractivity contribution in [3.8, 4) is 0 Å². The van der Waals surface area contributed by atoms with E-state index in [4.69, 9.17) is 0 Å². The van der Waals surface area contributed by atoms with Crippen LogP contribution in [-0.2, 0) is 5.11 Å². The number of hydrogen-bond donors (Lipinski definition) is 0. The molecule has 1 fully saturated rings. The first-order valence-corrected chi connectivity index (χ1v) is 17.6. The van der Waals surface area contributed by atoms with Gasteiger partial charge in [0, 0.05) is 45.0 Å². The standard InChI is InChI=1S/C36H64N3O2/c1-3-4-5-6-7-8-9-10-11-12-13-14-15-16-17-22-30-38(31-24-29-37(2)34-25-19-18-20-26-34)36(41)39-32-23-21-27-35(39)28-33-40/h18-20,25-26,35H,3-17,21-24,27-33H2,1-2H3. The summed E-state index contributed by atoms with van der Waals surface area (Å²) in [7, 11) is 2.13. The maximum Gasteiger partial charge on any atom is 0.320 e. The highest BCUT2D eigenvalue weighted by atomic mass is 16.3. The predicted octanol–water partition coefficient (Wildman–Crippen LogP) is 9.87. The zero-order chi connectivity index (χ0) is 29.4. The van der Waals surface area contributed by atoms with Crippen LogP contribution < -0.4 is 4.90 Å². The van der Waals surface area contributed by atoms with E-state index in [2.05, 4.69) is 48.0 Å². The molecule has 0 aliphatic carbocycles. The highest BCUT2D eigenvalue weighted by molar-refractivity contribution is 5.75. The van der Waals surface area contributed by atoms with E-state index in [1.807, 2.05) is 11.0 Å². The number of amides is 2. The monoisotopic (exact) mass is 570 g/mol. The second-order valence-electron chi connectivity index (χ2n) is 12.5. The fraction of sp³-hybridized carbons (Fsp3) is 0.806. The molecule has 0 bridgehead atoms. The Labute approximate surface area is 254 Å². The molecule has 1 saturated heterocycles. The Bertz CT molecular complexity index is 742. The van der Waals surface area contributed by atoms with Gasteiger partial charge in [0.05, 0.1) is 6.61 Å². The van der Waals surface area contributed by atoms with E-state index >= 15 is 0 Å². The van der Waals surface area contributed by atoms with Gasteiger partial charge < -0.3 is 14.7 Å². The number of hydrogen-bond acceptors (Lipinski definition) is 2. The molecule has 5 nitrogen and oxygen atoms in total. The second kappa shape index (κ2) is 23.8. The van der Waals surface area contributed by atoms with Crippen molar-refractivity contribution in [3.63, 3.8) is 0 Å². The van der Waals surface area contributed by atoms with Gasteiger partial charge in [0.15, 0.2) is 0 Å². The lowest BCUT2D eigenvalue weighted by molar-refractivity contribution is 0.0908. The molecule has 41 heavy (non-hydrogen) atoms. The van der Waals surface area contributed by atoms with Gasteiger partial charge in [0.1, 0.15) is 0 Å². The Morgan fingerprint density at radius 1 is 0.732 bits per heavy atom. The Morgan fingerprint density at radius 3 is 1.83 bits per heavy atom. The number of carbonyl (C=O) groups excluding carboxylic acids is 1. The molecule has 1 radical (unpaired) electrons. The van der Waals surface area contributed by atoms with Gasteiger partial charge >= 0.3 is 6.03 Å². The SMILES string of the molecule is CCCCCCCCCCCCCCCCCCN(CCCN(C)c1ccccc1)C(=O)N1CCCCC1CC[O]. The van der Waals surface area contributed by atoms with Gasteiger partial charge in [-0.25, -0.2) is 9.90 Å². The molecule has 0 saturated carbocycles. The van der Waals surface area contributed by atoms with Crippen LogP contribution >= 0.6 is 0 Å². The summed E-state index contributed by atoms with van der Waals surface area (Å²) in [6, 6.07) is 10.8. The van der Waals surface area contributed by atoms with Gasteiger partial charge in [0.2, 0.25) is 0 Å². The minimum atomic E-state index is -0.0879. The third-order valence-corrected chi connectivity index (χ3v) is 8.99. The molecule has 2 amide bonds. The first-order valence-electron chi connectivity index (χ1n) is 17.6. The Kier molecular flexibility index (Phi) is 20.6. The Balaban J connectivity index is 1.64. The number of piperidine rings is 1. The molecule has 1 aromatic carbocycles. The summed E-state index contributed by atoms with van der Waals surface area (Å²) in [4.78, 5) is 20.1. The van der Waals surface area contributed by atoms with Crippen LogP contribution in [0.5, 0.6) is 0 Å². The highest BCUT2D eigenvalue weighted by Crippen LogP contribution is 2.22. The van der Waals surface area contributed by atoms with Gasteiger partial charge in [-0.15, -0.1) is 0 Å². The fourth-order valence-corrected chi connectivity index (χ4v) is 6.33. The zero-order valence-corrected chi connectivity index (χ0v) is 27.0. The van der Waals surface area contributed by atoms with Crippen molar-refractivity contribution >= 4 is 11.7 Å². The van der Waals surface area contributed by atoms with E-state index in [-0.39, 0.29) is 18.7 Å². The van der Waals surface area contributed by atoms with Gasteiger partial charge in [-0.3, -0.25) is 0 Å². The molecule has 1 heterocycles. The number of para-hydroxylation sites is 1. The van der Waals surface area contributed by atoms with Gasteiger partial charge in [-0.1, -0.05) is 121 Å². The van der Waals surface area contributed by atoms with E-state index in [0.717, 1.165) is 58.3 Å². The number of unbranched alkanes of at least 4 members (excludes halogenated alkanes) is 15. The van der Waals surface area contributed by atoms with Crippen LogP contribution in [0.3, 0.4) is 0 Å². The summed E-state index contributed by atoms with van der Waals surface area (Å²) < 4.78 is 0. The quantitative estimate of drug-likeness (QED) is 0.116. The van der Waals surface area contributed by atoms with E-state index in [1.165, 1.54) is 102 Å². The molecular formula is C36H64N3O2. The molecule has 235 valence electrons. The number of benzene rings is 1. The van der Waals surface area contributed by atoms with Crippen LogP contribution in [0.15, 0.2) is 30.3 Å². The first kappa shape index (κ1) is 35.4. The van der Waals surface area contributed by atoms with E-state index in [1.54, 1.807) is 0 Å². The molecule has 1 aliphatic rings. The van der Waals surface area contributed by atoms with E-state index in [9.17, 15) is 9.90 Å². The molecule has 1 unspecified atom stereocenters. The maximum absolute atomic E-state index is 13.7. The zero-order valence-electron chi connectivity index (χ0n) is 27.0. The lowest BCUT2D eigenvalue weighted by atomic mass is 10.00. The second-order valence-corrected chi connectivity index (χ2v) is 12.5. The molecule has 1 atom stereocenters. The summed E-state index contributed by atoms with van der Waals surface area (Å²) in [5.41, 5.74) is 1.22. The normalized spacial score (nSPS) is 15.3. The van der Waals surface area contributed by atoms with Crippen molar-refractivity contribution in [1.82, 2.24) is 9.80 Å². The summed E-state index contributed by atoms with van der Waals surface area (Å²) >= 11 is 0. The van der Waals surface area contributed by atoms with Crippen LogP contribution in [0.2, 0.25) is 0 Å². The Morgan fingerprint density at radius 2 is 1.27 bits per heavy atom. The third kappa shape index (κ3) is 15.9. The number of carbonyl (C=O) groups is 1. The molecular weight excluding hydrogens is 506 g/mol. The lowest BCUT2D eigenvalue weighted by Crippen LogP contribution is -2.51. The van der Waals surface area contributed by atoms with Crippen LogP contribution in [0, 0.1) is 0 Å². The largest absolute Gasteiger partial charge is 0.375 e. The van der Waals surface area contributed by atoms with Crippen molar-refractivity contribution < 1.29 is 9.90 Å². The van der Waals surface area contributed by atoms with E-state index < -0.39 is 0 Å². The number of rotatable bonds is 24. The number of likely N-dealkylation sites (tertiary alicyclic amines) is 1. The minimum Gasteiger partial charge on any atom is -0.375 e. The summed E-state index contributed by atoms with van der Waals surface area (Å²) in [6.07, 6.45) is 26.5. The average molecular weight is 571 g/mol. The molecule has 1 aliphatic heterocycles. The fourth-order valence-electron chi connectivity index (χ4n) is 6.33. The number of anilines is 1. The lowest BCUT2D eigenvalue weighted by Gasteiger charge is -2.39. The molecule has 1 aromatic rings. The van der Waals surface area contributed by atoms with Crippen molar-refractivity contribution in [3.05, 3.63) is 30.3 Å². The van der Waals surface area contributed by atoms with E-state index in [0.29, 0.717) is 6.42 Å². The van der Waals surface area contributed by atoms with Crippen molar-refractivity contribution in [2.75, 3.05) is 44.7 Å². The van der Waals surface area contributed by atoms with Crippen molar-refractivity contribution in [2.24, 2.45) is 0 Å². The predicted molar refractivity (Wildman–Crippen MR) is 175 cm³/mol. The summed E-state index contributed by atoms with van der Waals surface area (Å²) in [6.45, 7) is 5.56. The summed E-state index contributed by atoms with van der Waals surface area (Å²) in [5, 5.41) is 11.4. The van der Waals surface area contributed by atoms with Crippen LogP contribution in [-0.4, -0.2) is 61.7 Å². The first-order chi connectivity index (χ1) is 20.2. The maximum atomic E-state index is 13.7. The van der Waals surface area contributed by atoms with Crippen LogP contribution in [0.4, 0.5) is 10.5 Å². The van der Waals surface area contributed by atoms with Gasteiger partial charge in [-0.2, -0.15) is 0 Å². The molecule has 0 spiro atoms. The van der Waals surface area contributed by atoms with Crippen LogP contribution in [0.1, 0.15) is 142 Å². The van der Waals surface area contributed by atoms with Gasteiger partial charge in [0.25, 0.3) is 0 Å². The smallest absolute Gasteiger partial charge is 0.320 e. The van der Waals surface area contributed by atoms with Gasteiger partial charge in [-0.05, 0) is 50.7 Å².